The molecule has 0 aliphatic rings. The molecule has 2 aromatic heterocycles. The Morgan fingerprint density at radius 1 is 0.390 bits per heavy atom. The summed E-state index contributed by atoms with van der Waals surface area (Å²) in [5.74, 6) is 0. The summed E-state index contributed by atoms with van der Waals surface area (Å²) in [7, 11) is 0. The van der Waals surface area contributed by atoms with E-state index in [0.29, 0.717) is 21.5 Å². The Morgan fingerprint density at radius 3 is 1.05 bits per heavy atom. The van der Waals surface area contributed by atoms with Gasteiger partial charge < -0.3 is 0 Å². The summed E-state index contributed by atoms with van der Waals surface area (Å²) < 4.78 is 0. The molecule has 0 N–H and O–H groups in total. The smallest absolute Gasteiger partial charge is 0.194 e. The fraction of sp³-hybridized carbons (Fsp3) is 0.222. The van der Waals surface area contributed by atoms with Crippen molar-refractivity contribution in [2.45, 2.75) is 55.4 Å². The predicted octanol–water partition coefficient (Wildman–Crippen LogP) is 9.69. The van der Waals surface area contributed by atoms with Crippen LogP contribution in [0.15, 0.2) is 82.4 Å². The first-order chi connectivity index (χ1) is 19.7. The van der Waals surface area contributed by atoms with E-state index in [1.165, 1.54) is 0 Å². The molecule has 5 heteroatoms. The summed E-state index contributed by atoms with van der Waals surface area (Å²) in [6, 6.07) is 22.8. The number of rotatable bonds is 0. The van der Waals surface area contributed by atoms with Crippen molar-refractivity contribution in [1.82, 2.24) is 9.97 Å². The van der Waals surface area contributed by atoms with E-state index in [-0.39, 0.29) is 29.4 Å². The van der Waals surface area contributed by atoms with Crippen molar-refractivity contribution in [2.75, 3.05) is 0 Å². The first-order valence-corrected chi connectivity index (χ1v) is 14.5. The molecule has 4 nitrogen and oxygen atoms in total. The van der Waals surface area contributed by atoms with Crippen LogP contribution in [0.1, 0.15) is 55.4 Å². The maximum absolute atomic E-state index is 13.3. The van der Waals surface area contributed by atoms with Gasteiger partial charge in [0.2, 0.25) is 0 Å². The topological polar surface area (TPSA) is 59.9 Å². The summed E-state index contributed by atoms with van der Waals surface area (Å²) in [5, 5.41) is 7.82. The fourth-order valence-corrected chi connectivity index (χ4v) is 5.55. The summed E-state index contributed by atoms with van der Waals surface area (Å²) in [5.41, 5.74) is 3.24. The molecule has 6 aromatic carbocycles. The van der Waals surface area contributed by atoms with E-state index in [9.17, 15) is 9.59 Å². The summed E-state index contributed by atoms with van der Waals surface area (Å²) in [4.78, 5) is 36.8. The molecule has 0 atom stereocenters. The van der Waals surface area contributed by atoms with Crippen LogP contribution >= 0.6 is 0 Å². The van der Waals surface area contributed by atoms with Gasteiger partial charge in [0.1, 0.15) is 0 Å². The number of pyridine rings is 2. The average molecular weight is 580 g/mol. The van der Waals surface area contributed by atoms with Gasteiger partial charge in [-0.3, -0.25) is 9.59 Å². The molecule has 0 aliphatic heterocycles. The van der Waals surface area contributed by atoms with Crippen LogP contribution in [0.4, 0.5) is 0 Å². The van der Waals surface area contributed by atoms with Gasteiger partial charge in [0.25, 0.3) is 0 Å². The third kappa shape index (κ3) is 4.56. The van der Waals surface area contributed by atoms with E-state index in [1.807, 2.05) is 128 Å². The van der Waals surface area contributed by atoms with Crippen molar-refractivity contribution in [3.63, 3.8) is 0 Å². The minimum absolute atomic E-state index is 0. The molecule has 0 fully saturated rings. The zero-order valence-electron chi connectivity index (χ0n) is 25.1. The summed E-state index contributed by atoms with van der Waals surface area (Å²) in [6.45, 7) is 16.0. The van der Waals surface area contributed by atoms with E-state index in [2.05, 4.69) is 0 Å². The van der Waals surface area contributed by atoms with Crippen molar-refractivity contribution in [3.8, 4) is 0 Å². The zero-order valence-corrected chi connectivity index (χ0v) is 26.5. The molecule has 1 radical (unpaired) electrons. The largest absolute Gasteiger partial charge is 0.289 e. The molecule has 0 spiro atoms. The SMILES string of the molecule is CC.CC.CC.CC.O=c1c2ccccc2c2nc3ccc4c(=O)c5ccccc5c5nc6ccc1c2c6c3c45.[V]. The van der Waals surface area contributed by atoms with E-state index < -0.39 is 0 Å². The minimum Gasteiger partial charge on any atom is -0.289 e. The van der Waals surface area contributed by atoms with Crippen LogP contribution in [0.2, 0.25) is 0 Å². The second kappa shape index (κ2) is 13.2. The van der Waals surface area contributed by atoms with Gasteiger partial charge in [0, 0.05) is 72.4 Å². The Kier molecular flexibility index (Phi) is 10.2. The van der Waals surface area contributed by atoms with Crippen molar-refractivity contribution in [3.05, 3.63) is 93.2 Å². The Hall–Kier alpha value is -3.86. The van der Waals surface area contributed by atoms with Gasteiger partial charge in [-0.15, -0.1) is 0 Å². The van der Waals surface area contributed by atoms with Gasteiger partial charge in [-0.25, -0.2) is 9.97 Å². The van der Waals surface area contributed by atoms with Crippen LogP contribution in [-0.4, -0.2) is 9.97 Å². The molecule has 8 rings (SSSR count). The standard InChI is InChI=1S/C28H12N2O2.4C2H6.V/c31-27-15-7-3-1-5-13(15)25-21-17(27)9-12-20-23(21)24-19(29-25)11-10-18-22(24)26(30-20)14-6-2-4-8-16(14)28(18)32;4*1-2;/h1-12H;4*1-2H3;. The molecule has 2 heterocycles. The number of hydrogen-bond donors (Lipinski definition) is 0. The molecule has 8 aromatic rings. The molecular formula is C36H36N2O2V. The van der Waals surface area contributed by atoms with Crippen LogP contribution in [-0.2, 0) is 18.6 Å². The molecular weight excluding hydrogens is 543 g/mol. The monoisotopic (exact) mass is 579 g/mol. The third-order valence-electron chi connectivity index (χ3n) is 6.90. The fourth-order valence-electron chi connectivity index (χ4n) is 5.55. The van der Waals surface area contributed by atoms with Gasteiger partial charge in [0.15, 0.2) is 10.9 Å². The molecule has 207 valence electrons. The van der Waals surface area contributed by atoms with Crippen LogP contribution in [0, 0.1) is 0 Å². The molecule has 0 bridgehead atoms. The van der Waals surface area contributed by atoms with Crippen molar-refractivity contribution < 1.29 is 18.6 Å². The molecule has 0 saturated carbocycles. The number of benzene rings is 6. The molecule has 0 unspecified atom stereocenters. The van der Waals surface area contributed by atoms with E-state index in [0.717, 1.165) is 54.4 Å². The van der Waals surface area contributed by atoms with Crippen molar-refractivity contribution in [1.29, 1.82) is 0 Å². The molecule has 41 heavy (non-hydrogen) atoms. The first kappa shape index (κ1) is 31.7. The Bertz CT molecular complexity index is 2030. The van der Waals surface area contributed by atoms with Crippen molar-refractivity contribution in [2.24, 2.45) is 0 Å². The third-order valence-corrected chi connectivity index (χ3v) is 6.90. The summed E-state index contributed by atoms with van der Waals surface area (Å²) >= 11 is 0. The number of aromatic nitrogens is 2. The Balaban J connectivity index is 0.000000477. The molecule has 0 aliphatic carbocycles. The van der Waals surface area contributed by atoms with Gasteiger partial charge >= 0.3 is 0 Å². The van der Waals surface area contributed by atoms with E-state index >= 15 is 0 Å². The second-order valence-corrected chi connectivity index (χ2v) is 8.43. The predicted molar refractivity (Wildman–Crippen MR) is 176 cm³/mol. The van der Waals surface area contributed by atoms with Crippen LogP contribution in [0.25, 0.3) is 75.9 Å². The van der Waals surface area contributed by atoms with Gasteiger partial charge in [-0.1, -0.05) is 104 Å². The number of nitrogens with zero attached hydrogens (tertiary/aromatic N) is 2. The van der Waals surface area contributed by atoms with Crippen LogP contribution in [0.3, 0.4) is 0 Å². The quantitative estimate of drug-likeness (QED) is 0.133. The normalized spacial score (nSPS) is 10.4. The maximum Gasteiger partial charge on any atom is 0.194 e. The molecule has 0 saturated heterocycles. The van der Waals surface area contributed by atoms with Crippen LogP contribution in [0.5, 0.6) is 0 Å². The van der Waals surface area contributed by atoms with Gasteiger partial charge in [-0.2, -0.15) is 0 Å². The number of fused-ring (bicyclic) bond motifs is 4. The maximum atomic E-state index is 13.3. The molecule has 0 amide bonds. The van der Waals surface area contributed by atoms with Gasteiger partial charge in [0.05, 0.1) is 22.1 Å². The zero-order chi connectivity index (χ0) is 29.1. The van der Waals surface area contributed by atoms with E-state index in [1.54, 1.807) is 0 Å². The number of hydrogen-bond acceptors (Lipinski definition) is 4. The average Bonchev–Trinajstić information content (AvgIpc) is 3.05. The van der Waals surface area contributed by atoms with Crippen molar-refractivity contribution >= 4 is 75.9 Å². The Labute approximate surface area is 252 Å². The Morgan fingerprint density at radius 2 is 0.707 bits per heavy atom. The van der Waals surface area contributed by atoms with E-state index in [4.69, 9.17) is 9.97 Å². The second-order valence-electron chi connectivity index (χ2n) is 8.43. The van der Waals surface area contributed by atoms with Gasteiger partial charge in [-0.05, 0) is 24.3 Å². The minimum atomic E-state index is 0. The van der Waals surface area contributed by atoms with Crippen LogP contribution < -0.4 is 10.9 Å². The summed E-state index contributed by atoms with van der Waals surface area (Å²) in [6.07, 6.45) is 0. The first-order valence-electron chi connectivity index (χ1n) is 14.5.